The zero-order valence-electron chi connectivity index (χ0n) is 16.9. The molecule has 0 aromatic carbocycles. The van der Waals surface area contributed by atoms with Gasteiger partial charge in [-0.15, -0.1) is 0 Å². The zero-order chi connectivity index (χ0) is 19.8. The minimum absolute atomic E-state index is 0.0144. The number of hydrogen-bond donors (Lipinski definition) is 3. The molecule has 1 atom stereocenters. The summed E-state index contributed by atoms with van der Waals surface area (Å²) in [7, 11) is 0. The van der Waals surface area contributed by atoms with Gasteiger partial charge in [-0.05, 0) is 37.3 Å². The third-order valence-electron chi connectivity index (χ3n) is 5.79. The van der Waals surface area contributed by atoms with Gasteiger partial charge in [0.1, 0.15) is 5.82 Å². The van der Waals surface area contributed by atoms with Crippen molar-refractivity contribution in [3.05, 3.63) is 23.9 Å². The second kappa shape index (κ2) is 10.4. The van der Waals surface area contributed by atoms with Crippen molar-refractivity contribution in [1.29, 1.82) is 0 Å². The average molecular weight is 388 g/mol. The first-order chi connectivity index (χ1) is 13.6. The fourth-order valence-electron chi connectivity index (χ4n) is 4.21. The van der Waals surface area contributed by atoms with Gasteiger partial charge in [0.2, 0.25) is 11.8 Å². The molecule has 0 bridgehead atoms. The summed E-state index contributed by atoms with van der Waals surface area (Å²) in [6.07, 6.45) is 8.37. The highest BCUT2D eigenvalue weighted by Crippen LogP contribution is 2.25. The number of nitrogens with one attached hydrogen (secondary N) is 3. The summed E-state index contributed by atoms with van der Waals surface area (Å²) in [6, 6.07) is 3.55. The van der Waals surface area contributed by atoms with Crippen LogP contribution in [0.5, 0.6) is 0 Å². The maximum absolute atomic E-state index is 12.4. The molecule has 2 aliphatic rings. The molecule has 1 aliphatic carbocycles. The molecule has 7 heteroatoms. The predicted molar refractivity (Wildman–Crippen MR) is 110 cm³/mol. The number of aromatic nitrogens is 1. The minimum Gasteiger partial charge on any atom is -0.368 e. The Kier molecular flexibility index (Phi) is 7.65. The molecule has 1 saturated carbocycles. The quantitative estimate of drug-likeness (QED) is 0.591. The summed E-state index contributed by atoms with van der Waals surface area (Å²) in [5.41, 5.74) is 1.08. The molecule has 0 radical (unpaired) electrons. The van der Waals surface area contributed by atoms with E-state index in [1.807, 2.05) is 19.1 Å². The van der Waals surface area contributed by atoms with Crippen LogP contribution in [-0.4, -0.2) is 60.5 Å². The van der Waals surface area contributed by atoms with Crippen molar-refractivity contribution >= 4 is 17.6 Å². The maximum atomic E-state index is 12.4. The predicted octanol–water partition coefficient (Wildman–Crippen LogP) is 1.69. The number of hydrogen-bond acceptors (Lipinski definition) is 5. The molecule has 1 aliphatic heterocycles. The summed E-state index contributed by atoms with van der Waals surface area (Å²) >= 11 is 0. The van der Waals surface area contributed by atoms with Gasteiger partial charge in [0, 0.05) is 38.9 Å². The third-order valence-corrected chi connectivity index (χ3v) is 5.79. The molecular weight excluding hydrogens is 354 g/mol. The highest BCUT2D eigenvalue weighted by Gasteiger charge is 2.33. The second-order valence-corrected chi connectivity index (χ2v) is 7.96. The van der Waals surface area contributed by atoms with Crippen LogP contribution in [0.25, 0.3) is 0 Å². The van der Waals surface area contributed by atoms with Crippen molar-refractivity contribution in [2.45, 2.75) is 51.5 Å². The topological polar surface area (TPSA) is 86.4 Å². The molecule has 2 heterocycles. The van der Waals surface area contributed by atoms with Crippen LogP contribution in [0.4, 0.5) is 5.82 Å². The lowest BCUT2D eigenvalue weighted by Crippen LogP contribution is -2.57. The first kappa shape index (κ1) is 20.6. The highest BCUT2D eigenvalue weighted by molar-refractivity contribution is 5.88. The highest BCUT2D eigenvalue weighted by atomic mass is 16.2. The van der Waals surface area contributed by atoms with Crippen LogP contribution in [0.15, 0.2) is 18.3 Å². The van der Waals surface area contributed by atoms with E-state index in [1.165, 1.54) is 32.1 Å². The van der Waals surface area contributed by atoms with E-state index < -0.39 is 0 Å². The van der Waals surface area contributed by atoms with E-state index in [9.17, 15) is 9.59 Å². The number of rotatable bonds is 8. The molecule has 0 unspecified atom stereocenters. The number of pyridine rings is 1. The summed E-state index contributed by atoms with van der Waals surface area (Å²) in [6.45, 7) is 5.55. The molecule has 0 spiro atoms. The van der Waals surface area contributed by atoms with E-state index in [-0.39, 0.29) is 24.3 Å². The van der Waals surface area contributed by atoms with Gasteiger partial charge in [-0.25, -0.2) is 4.98 Å². The molecular formula is C21H33N5O2. The molecule has 1 saturated heterocycles. The summed E-state index contributed by atoms with van der Waals surface area (Å²) < 4.78 is 0. The number of aryl methyl sites for hydroxylation is 1. The zero-order valence-corrected chi connectivity index (χ0v) is 16.9. The smallest absolute Gasteiger partial charge is 0.237 e. The molecule has 1 aromatic heterocycles. The number of carbonyl (C=O) groups is 2. The van der Waals surface area contributed by atoms with Crippen molar-refractivity contribution in [2.24, 2.45) is 5.92 Å². The molecule has 154 valence electrons. The molecule has 7 nitrogen and oxygen atoms in total. The SMILES string of the molecule is Cc1cccnc1NCCNC(=O)C[C@@H]1C(=O)NCCN1CC1CCCCC1. The lowest BCUT2D eigenvalue weighted by molar-refractivity contribution is -0.134. The van der Waals surface area contributed by atoms with Gasteiger partial charge >= 0.3 is 0 Å². The van der Waals surface area contributed by atoms with Crippen LogP contribution >= 0.6 is 0 Å². The Balaban J connectivity index is 1.43. The van der Waals surface area contributed by atoms with Gasteiger partial charge in [-0.3, -0.25) is 14.5 Å². The standard InChI is InChI=1S/C21H33N5O2/c1-16-6-5-9-23-20(16)24-11-10-22-19(27)14-18-21(28)25-12-13-26(18)15-17-7-3-2-4-8-17/h5-6,9,17-18H,2-4,7-8,10-15H2,1H3,(H,22,27)(H,23,24)(H,25,28)/t18-/m1/s1. The Morgan fingerprint density at radius 3 is 2.89 bits per heavy atom. The molecule has 28 heavy (non-hydrogen) atoms. The number of piperazine rings is 1. The number of anilines is 1. The summed E-state index contributed by atoms with van der Waals surface area (Å²) in [5, 5.41) is 9.08. The number of carbonyl (C=O) groups excluding carboxylic acids is 2. The Morgan fingerprint density at radius 1 is 1.29 bits per heavy atom. The van der Waals surface area contributed by atoms with E-state index in [0.717, 1.165) is 24.5 Å². The van der Waals surface area contributed by atoms with Gasteiger partial charge in [-0.1, -0.05) is 25.3 Å². The fourth-order valence-corrected chi connectivity index (χ4v) is 4.21. The van der Waals surface area contributed by atoms with Crippen LogP contribution in [0.1, 0.15) is 44.1 Å². The van der Waals surface area contributed by atoms with Crippen molar-refractivity contribution in [2.75, 3.05) is 38.0 Å². The molecule has 1 aromatic rings. The maximum Gasteiger partial charge on any atom is 0.237 e. The lowest BCUT2D eigenvalue weighted by Gasteiger charge is -2.37. The summed E-state index contributed by atoms with van der Waals surface area (Å²) in [4.78, 5) is 31.3. The van der Waals surface area contributed by atoms with E-state index in [2.05, 4.69) is 25.8 Å². The van der Waals surface area contributed by atoms with Gasteiger partial charge in [0.15, 0.2) is 0 Å². The Hall–Kier alpha value is -2.15. The molecule has 2 fully saturated rings. The lowest BCUT2D eigenvalue weighted by atomic mass is 9.88. The van der Waals surface area contributed by atoms with Crippen molar-refractivity contribution in [3.63, 3.8) is 0 Å². The van der Waals surface area contributed by atoms with Gasteiger partial charge in [0.25, 0.3) is 0 Å². The van der Waals surface area contributed by atoms with E-state index in [0.29, 0.717) is 25.6 Å². The largest absolute Gasteiger partial charge is 0.368 e. The third kappa shape index (κ3) is 5.92. The van der Waals surface area contributed by atoms with Gasteiger partial charge in [-0.2, -0.15) is 0 Å². The van der Waals surface area contributed by atoms with Crippen LogP contribution in [0.3, 0.4) is 0 Å². The molecule has 3 N–H and O–H groups in total. The minimum atomic E-state index is -0.346. The Labute approximate surface area is 167 Å². The number of amides is 2. The van der Waals surface area contributed by atoms with Crippen molar-refractivity contribution < 1.29 is 9.59 Å². The van der Waals surface area contributed by atoms with Crippen molar-refractivity contribution in [1.82, 2.24) is 20.5 Å². The second-order valence-electron chi connectivity index (χ2n) is 7.96. The number of nitrogens with zero attached hydrogens (tertiary/aromatic N) is 2. The van der Waals surface area contributed by atoms with Gasteiger partial charge < -0.3 is 16.0 Å². The van der Waals surface area contributed by atoms with Crippen LogP contribution in [0.2, 0.25) is 0 Å². The van der Waals surface area contributed by atoms with Crippen LogP contribution < -0.4 is 16.0 Å². The van der Waals surface area contributed by atoms with E-state index in [1.54, 1.807) is 6.20 Å². The summed E-state index contributed by atoms with van der Waals surface area (Å²) in [5.74, 6) is 1.41. The first-order valence-corrected chi connectivity index (χ1v) is 10.6. The molecule has 2 amide bonds. The van der Waals surface area contributed by atoms with Gasteiger partial charge in [0.05, 0.1) is 12.5 Å². The average Bonchev–Trinajstić information content (AvgIpc) is 2.70. The van der Waals surface area contributed by atoms with E-state index in [4.69, 9.17) is 0 Å². The Morgan fingerprint density at radius 2 is 2.11 bits per heavy atom. The fraction of sp³-hybridized carbons (Fsp3) is 0.667. The Bertz CT molecular complexity index is 660. The molecule has 3 rings (SSSR count). The monoisotopic (exact) mass is 387 g/mol. The van der Waals surface area contributed by atoms with Crippen LogP contribution in [0, 0.1) is 12.8 Å². The van der Waals surface area contributed by atoms with Crippen molar-refractivity contribution in [3.8, 4) is 0 Å². The first-order valence-electron chi connectivity index (χ1n) is 10.6. The normalized spacial score (nSPS) is 21.2. The van der Waals surface area contributed by atoms with Crippen LogP contribution in [-0.2, 0) is 9.59 Å². The van der Waals surface area contributed by atoms with E-state index >= 15 is 0 Å².